The minimum Gasteiger partial charge on any atom is -0.495 e. The van der Waals surface area contributed by atoms with Crippen LogP contribution in [0.4, 0.5) is 5.69 Å². The van der Waals surface area contributed by atoms with E-state index in [0.29, 0.717) is 0 Å². The van der Waals surface area contributed by atoms with Crippen molar-refractivity contribution in [1.29, 1.82) is 0 Å². The second kappa shape index (κ2) is 5.51. The van der Waals surface area contributed by atoms with E-state index in [0.717, 1.165) is 37.4 Å². The second-order valence-electron chi connectivity index (χ2n) is 5.54. The maximum Gasteiger partial charge on any atom is 0.303 e. The van der Waals surface area contributed by atoms with E-state index >= 15 is 0 Å². The van der Waals surface area contributed by atoms with E-state index in [1.807, 2.05) is 18.2 Å². The first-order valence-corrected chi connectivity index (χ1v) is 6.64. The predicted octanol–water partition coefficient (Wildman–Crippen LogP) is 2.78. The Labute approximate surface area is 114 Å². The molecule has 1 aromatic rings. The van der Waals surface area contributed by atoms with Crippen molar-refractivity contribution in [2.75, 3.05) is 25.1 Å². The first-order chi connectivity index (χ1) is 9.04. The van der Waals surface area contributed by atoms with Gasteiger partial charge in [-0.3, -0.25) is 4.79 Å². The smallest absolute Gasteiger partial charge is 0.303 e. The molecule has 0 unspecified atom stereocenters. The Morgan fingerprint density at radius 3 is 2.58 bits per heavy atom. The molecular weight excluding hydrogens is 242 g/mol. The van der Waals surface area contributed by atoms with Crippen LogP contribution in [0.3, 0.4) is 0 Å². The van der Waals surface area contributed by atoms with Crippen LogP contribution in [0, 0.1) is 5.41 Å². The van der Waals surface area contributed by atoms with Crippen molar-refractivity contribution >= 4 is 11.7 Å². The summed E-state index contributed by atoms with van der Waals surface area (Å²) in [6, 6.07) is 7.98. The number of carboxylic acid groups (broad SMARTS) is 1. The van der Waals surface area contributed by atoms with E-state index in [1.54, 1.807) is 7.11 Å². The largest absolute Gasteiger partial charge is 0.495 e. The summed E-state index contributed by atoms with van der Waals surface area (Å²) in [5.41, 5.74) is 1.02. The Bertz CT molecular complexity index is 450. The lowest BCUT2D eigenvalue weighted by molar-refractivity contribution is -0.139. The Kier molecular flexibility index (Phi) is 3.98. The van der Waals surface area contributed by atoms with Crippen LogP contribution in [0.5, 0.6) is 5.75 Å². The van der Waals surface area contributed by atoms with E-state index in [-0.39, 0.29) is 11.8 Å². The molecule has 0 radical (unpaired) electrons. The van der Waals surface area contributed by atoms with Crippen molar-refractivity contribution in [2.24, 2.45) is 5.41 Å². The summed E-state index contributed by atoms with van der Waals surface area (Å²) in [6.07, 6.45) is 2.06. The molecule has 4 heteroatoms. The van der Waals surface area contributed by atoms with Crippen molar-refractivity contribution in [3.63, 3.8) is 0 Å². The lowest BCUT2D eigenvalue weighted by Gasteiger charge is -2.40. The fourth-order valence-electron chi connectivity index (χ4n) is 2.72. The number of piperidine rings is 1. The van der Waals surface area contributed by atoms with Gasteiger partial charge in [-0.2, -0.15) is 0 Å². The van der Waals surface area contributed by atoms with Gasteiger partial charge in [0, 0.05) is 13.1 Å². The lowest BCUT2D eigenvalue weighted by atomic mass is 9.77. The number of carboxylic acids is 1. The Hall–Kier alpha value is -1.71. The summed E-state index contributed by atoms with van der Waals surface area (Å²) in [7, 11) is 1.68. The highest BCUT2D eigenvalue weighted by Crippen LogP contribution is 2.38. The number of hydrogen-bond acceptors (Lipinski definition) is 3. The number of nitrogens with zero attached hydrogens (tertiary/aromatic N) is 1. The quantitative estimate of drug-likeness (QED) is 0.907. The zero-order valence-corrected chi connectivity index (χ0v) is 11.6. The van der Waals surface area contributed by atoms with Gasteiger partial charge in [0.15, 0.2) is 0 Å². The third-order valence-electron chi connectivity index (χ3n) is 3.97. The van der Waals surface area contributed by atoms with E-state index in [1.165, 1.54) is 0 Å². The van der Waals surface area contributed by atoms with Crippen molar-refractivity contribution in [1.82, 2.24) is 0 Å². The number of ether oxygens (including phenoxy) is 1. The molecule has 1 N–H and O–H groups in total. The molecule has 0 bridgehead atoms. The van der Waals surface area contributed by atoms with E-state index in [4.69, 9.17) is 9.84 Å². The van der Waals surface area contributed by atoms with Gasteiger partial charge >= 0.3 is 5.97 Å². The summed E-state index contributed by atoms with van der Waals surface area (Å²) < 4.78 is 5.38. The third kappa shape index (κ3) is 3.19. The molecular formula is C15H21NO3. The molecule has 0 aliphatic carbocycles. The number of rotatable bonds is 4. The minimum absolute atomic E-state index is 0.0790. The molecule has 2 rings (SSSR count). The number of carbonyl (C=O) groups is 1. The number of para-hydroxylation sites is 2. The number of hydrogen-bond donors (Lipinski definition) is 1. The first-order valence-electron chi connectivity index (χ1n) is 6.64. The fourth-order valence-corrected chi connectivity index (χ4v) is 2.72. The molecule has 1 aromatic carbocycles. The molecule has 0 saturated carbocycles. The summed E-state index contributed by atoms with van der Waals surface area (Å²) >= 11 is 0. The SMILES string of the molecule is COc1ccccc1N1CCC(C)(CC(=O)O)CC1. The van der Waals surface area contributed by atoms with Crippen LogP contribution >= 0.6 is 0 Å². The maximum atomic E-state index is 10.9. The molecule has 1 saturated heterocycles. The topological polar surface area (TPSA) is 49.8 Å². The number of aliphatic carboxylic acids is 1. The molecule has 1 fully saturated rings. The standard InChI is InChI=1S/C15H21NO3/c1-15(11-14(17)18)7-9-16(10-8-15)12-5-3-4-6-13(12)19-2/h3-6H,7-11H2,1-2H3,(H,17,18). The Morgan fingerprint density at radius 2 is 2.00 bits per heavy atom. The molecule has 0 spiro atoms. The normalized spacial score (nSPS) is 18.1. The Morgan fingerprint density at radius 1 is 1.37 bits per heavy atom. The molecule has 0 aromatic heterocycles. The second-order valence-corrected chi connectivity index (χ2v) is 5.54. The minimum atomic E-state index is -0.701. The van der Waals surface area contributed by atoms with Gasteiger partial charge < -0.3 is 14.7 Å². The van der Waals surface area contributed by atoms with Gasteiger partial charge in [-0.1, -0.05) is 19.1 Å². The van der Waals surface area contributed by atoms with Gasteiger partial charge in [0.2, 0.25) is 0 Å². The molecule has 0 amide bonds. The van der Waals surface area contributed by atoms with Crippen LogP contribution in [0.25, 0.3) is 0 Å². The highest BCUT2D eigenvalue weighted by Gasteiger charge is 2.32. The first kappa shape index (κ1) is 13.7. The monoisotopic (exact) mass is 263 g/mol. The maximum absolute atomic E-state index is 10.9. The highest BCUT2D eigenvalue weighted by atomic mass is 16.5. The summed E-state index contributed by atoms with van der Waals surface area (Å²) in [5, 5.41) is 8.96. The predicted molar refractivity (Wildman–Crippen MR) is 74.8 cm³/mol. The highest BCUT2D eigenvalue weighted by molar-refractivity contribution is 5.67. The summed E-state index contributed by atoms with van der Waals surface area (Å²) in [5.74, 6) is 0.178. The van der Waals surface area contributed by atoms with E-state index in [2.05, 4.69) is 17.9 Å². The van der Waals surface area contributed by atoms with Gasteiger partial charge in [-0.15, -0.1) is 0 Å². The molecule has 0 atom stereocenters. The average Bonchev–Trinajstić information content (AvgIpc) is 2.38. The zero-order valence-electron chi connectivity index (χ0n) is 11.6. The van der Waals surface area contributed by atoms with Crippen LogP contribution in [0.15, 0.2) is 24.3 Å². The van der Waals surface area contributed by atoms with Crippen LogP contribution in [0.1, 0.15) is 26.2 Å². The van der Waals surface area contributed by atoms with Crippen molar-refractivity contribution in [2.45, 2.75) is 26.2 Å². The van der Waals surface area contributed by atoms with Crippen LogP contribution in [0.2, 0.25) is 0 Å². The molecule has 1 aliphatic heterocycles. The average molecular weight is 263 g/mol. The van der Waals surface area contributed by atoms with Gasteiger partial charge in [0.25, 0.3) is 0 Å². The molecule has 4 nitrogen and oxygen atoms in total. The third-order valence-corrected chi connectivity index (χ3v) is 3.97. The van der Waals surface area contributed by atoms with E-state index < -0.39 is 5.97 Å². The molecule has 104 valence electrons. The van der Waals surface area contributed by atoms with Gasteiger partial charge in [-0.05, 0) is 30.4 Å². The number of methoxy groups -OCH3 is 1. The molecule has 19 heavy (non-hydrogen) atoms. The van der Waals surface area contributed by atoms with Crippen LogP contribution < -0.4 is 9.64 Å². The fraction of sp³-hybridized carbons (Fsp3) is 0.533. The zero-order chi connectivity index (χ0) is 13.9. The molecule has 1 heterocycles. The van der Waals surface area contributed by atoms with Crippen LogP contribution in [-0.4, -0.2) is 31.3 Å². The van der Waals surface area contributed by atoms with Crippen LogP contribution in [-0.2, 0) is 4.79 Å². The van der Waals surface area contributed by atoms with Crippen molar-refractivity contribution in [3.05, 3.63) is 24.3 Å². The Balaban J connectivity index is 2.05. The number of anilines is 1. The lowest BCUT2D eigenvalue weighted by Crippen LogP contribution is -2.39. The van der Waals surface area contributed by atoms with Crippen molar-refractivity contribution in [3.8, 4) is 5.75 Å². The van der Waals surface area contributed by atoms with E-state index in [9.17, 15) is 4.79 Å². The summed E-state index contributed by atoms with van der Waals surface area (Å²) in [6.45, 7) is 3.83. The van der Waals surface area contributed by atoms with Gasteiger partial charge in [0.05, 0.1) is 19.2 Å². The molecule has 1 aliphatic rings. The van der Waals surface area contributed by atoms with Gasteiger partial charge in [0.1, 0.15) is 5.75 Å². The number of benzene rings is 1. The summed E-state index contributed by atoms with van der Waals surface area (Å²) in [4.78, 5) is 13.2. The van der Waals surface area contributed by atoms with Gasteiger partial charge in [-0.25, -0.2) is 0 Å². The van der Waals surface area contributed by atoms with Crippen molar-refractivity contribution < 1.29 is 14.6 Å².